The maximum Gasteiger partial charge on any atom is 0.427 e. The molecule has 0 aromatic heterocycles. The summed E-state index contributed by atoms with van der Waals surface area (Å²) < 4.78 is 0.0751. The summed E-state index contributed by atoms with van der Waals surface area (Å²) >= 11 is 0. The average molecular weight is 141 g/mol. The maximum absolute atomic E-state index is 10.9. The Labute approximate surface area is 58.7 Å². The van der Waals surface area contributed by atoms with Crippen molar-refractivity contribution in [1.82, 2.24) is 5.32 Å². The highest BCUT2D eigenvalue weighted by Crippen LogP contribution is 2.03. The summed E-state index contributed by atoms with van der Waals surface area (Å²) in [5.41, 5.74) is 0. The molecule has 4 heteroatoms. The number of carbonyl (C=O) groups is 2. The SMILES string of the molecule is C[N+]1(C)C=CC(=O)NC1=O. The lowest BCUT2D eigenvalue weighted by Crippen LogP contribution is -2.52. The molecule has 54 valence electrons. The summed E-state index contributed by atoms with van der Waals surface area (Å²) in [7, 11) is 3.39. The Morgan fingerprint density at radius 1 is 1.40 bits per heavy atom. The van der Waals surface area contributed by atoms with E-state index in [9.17, 15) is 9.59 Å². The van der Waals surface area contributed by atoms with Crippen molar-refractivity contribution < 1.29 is 14.1 Å². The summed E-state index contributed by atoms with van der Waals surface area (Å²) in [6.07, 6.45) is 2.89. The van der Waals surface area contributed by atoms with E-state index in [2.05, 4.69) is 5.32 Å². The van der Waals surface area contributed by atoms with Crippen LogP contribution >= 0.6 is 0 Å². The molecule has 0 saturated heterocycles. The van der Waals surface area contributed by atoms with Crippen molar-refractivity contribution >= 4 is 11.9 Å². The highest BCUT2D eigenvalue weighted by atomic mass is 16.2. The predicted molar refractivity (Wildman–Crippen MR) is 34.8 cm³/mol. The third-order valence-electron chi connectivity index (χ3n) is 1.35. The van der Waals surface area contributed by atoms with Crippen LogP contribution in [0.5, 0.6) is 0 Å². The molecule has 0 radical (unpaired) electrons. The monoisotopic (exact) mass is 141 g/mol. The number of urea groups is 1. The van der Waals surface area contributed by atoms with Gasteiger partial charge < -0.3 is 0 Å². The first-order valence-electron chi connectivity index (χ1n) is 2.91. The number of imide groups is 1. The highest BCUT2D eigenvalue weighted by molar-refractivity contribution is 6.00. The quantitative estimate of drug-likeness (QED) is 0.476. The van der Waals surface area contributed by atoms with Crippen LogP contribution in [0.25, 0.3) is 0 Å². The molecule has 0 atom stereocenters. The summed E-state index contributed by atoms with van der Waals surface area (Å²) in [5.74, 6) is -0.345. The summed E-state index contributed by atoms with van der Waals surface area (Å²) in [5, 5.41) is 2.18. The first-order valence-corrected chi connectivity index (χ1v) is 2.91. The van der Waals surface area contributed by atoms with E-state index in [0.717, 1.165) is 0 Å². The Kier molecular flexibility index (Phi) is 1.33. The van der Waals surface area contributed by atoms with Gasteiger partial charge in [-0.2, -0.15) is 0 Å². The van der Waals surface area contributed by atoms with Gasteiger partial charge in [-0.25, -0.2) is 14.6 Å². The van der Waals surface area contributed by atoms with Crippen LogP contribution in [0.4, 0.5) is 4.79 Å². The van der Waals surface area contributed by atoms with E-state index in [4.69, 9.17) is 0 Å². The predicted octanol–water partition coefficient (Wildman–Crippen LogP) is -0.174. The zero-order valence-corrected chi connectivity index (χ0v) is 5.92. The topological polar surface area (TPSA) is 46.2 Å². The van der Waals surface area contributed by atoms with E-state index in [1.54, 1.807) is 20.3 Å². The highest BCUT2D eigenvalue weighted by Gasteiger charge is 2.29. The van der Waals surface area contributed by atoms with Crippen LogP contribution in [0.3, 0.4) is 0 Å². The molecular weight excluding hydrogens is 132 g/mol. The first-order chi connectivity index (χ1) is 4.52. The van der Waals surface area contributed by atoms with Crippen molar-refractivity contribution in [3.8, 4) is 0 Å². The number of hydrogen-bond acceptors (Lipinski definition) is 2. The number of amides is 3. The molecule has 1 heterocycles. The standard InChI is InChI=1S/C6H8N2O2/c1-8(2)4-3-5(9)7-6(8)10/h3-4H,1-2H3/p+1. The molecule has 10 heavy (non-hydrogen) atoms. The van der Waals surface area contributed by atoms with Crippen molar-refractivity contribution in [2.24, 2.45) is 0 Å². The fraction of sp³-hybridized carbons (Fsp3) is 0.333. The summed E-state index contributed by atoms with van der Waals surface area (Å²) in [6, 6.07) is -0.299. The van der Waals surface area contributed by atoms with Gasteiger partial charge in [0.2, 0.25) is 0 Å². The van der Waals surface area contributed by atoms with Crippen molar-refractivity contribution in [3.63, 3.8) is 0 Å². The molecule has 1 rings (SSSR count). The normalized spacial score (nSPS) is 22.6. The van der Waals surface area contributed by atoms with Crippen LogP contribution in [0.2, 0.25) is 0 Å². The number of nitrogens with one attached hydrogen (secondary N) is 1. The Morgan fingerprint density at radius 3 is 2.40 bits per heavy atom. The number of hydrogen-bond donors (Lipinski definition) is 1. The molecule has 0 unspecified atom stereocenters. The smallest absolute Gasteiger partial charge is 0.269 e. The van der Waals surface area contributed by atoms with E-state index >= 15 is 0 Å². The molecule has 4 nitrogen and oxygen atoms in total. The molecule has 0 bridgehead atoms. The first kappa shape index (κ1) is 6.95. The van der Waals surface area contributed by atoms with Crippen LogP contribution in [-0.2, 0) is 4.79 Å². The van der Waals surface area contributed by atoms with Gasteiger partial charge in [0.25, 0.3) is 5.91 Å². The third kappa shape index (κ3) is 1.06. The Bertz CT molecular complexity index is 218. The van der Waals surface area contributed by atoms with E-state index in [1.165, 1.54) is 6.08 Å². The van der Waals surface area contributed by atoms with Gasteiger partial charge in [-0.1, -0.05) is 0 Å². The van der Waals surface area contributed by atoms with E-state index in [0.29, 0.717) is 0 Å². The van der Waals surface area contributed by atoms with Crippen molar-refractivity contribution in [3.05, 3.63) is 12.3 Å². The van der Waals surface area contributed by atoms with Gasteiger partial charge in [0.05, 0.1) is 20.2 Å². The van der Waals surface area contributed by atoms with Crippen LogP contribution in [0.15, 0.2) is 12.3 Å². The fourth-order valence-electron chi connectivity index (χ4n) is 0.613. The lowest BCUT2D eigenvalue weighted by atomic mass is 10.4. The third-order valence-corrected chi connectivity index (χ3v) is 1.35. The van der Waals surface area contributed by atoms with E-state index < -0.39 is 0 Å². The number of nitrogens with zero attached hydrogens (tertiary/aromatic N) is 1. The van der Waals surface area contributed by atoms with Gasteiger partial charge in [-0.15, -0.1) is 0 Å². The van der Waals surface area contributed by atoms with Gasteiger partial charge in [0.1, 0.15) is 6.20 Å². The fourth-order valence-corrected chi connectivity index (χ4v) is 0.613. The van der Waals surface area contributed by atoms with Gasteiger partial charge >= 0.3 is 6.03 Å². The van der Waals surface area contributed by atoms with Crippen molar-refractivity contribution in [2.45, 2.75) is 0 Å². The molecule has 0 fully saturated rings. The minimum atomic E-state index is -0.345. The zero-order chi connectivity index (χ0) is 7.78. The minimum Gasteiger partial charge on any atom is -0.269 e. The van der Waals surface area contributed by atoms with Gasteiger partial charge in [-0.3, -0.25) is 4.79 Å². The average Bonchev–Trinajstić information content (AvgIpc) is 1.81. The van der Waals surface area contributed by atoms with Crippen LogP contribution in [-0.4, -0.2) is 30.5 Å². The summed E-state index contributed by atoms with van der Waals surface area (Å²) in [6.45, 7) is 0. The summed E-state index contributed by atoms with van der Waals surface area (Å²) in [4.78, 5) is 21.4. The Hall–Kier alpha value is -1.16. The second kappa shape index (κ2) is 1.91. The Balaban J connectivity index is 2.93. The van der Waals surface area contributed by atoms with E-state index in [1.807, 2.05) is 0 Å². The molecular formula is C6H9N2O2+. The van der Waals surface area contributed by atoms with Crippen LogP contribution in [0.1, 0.15) is 0 Å². The second-order valence-electron chi connectivity index (χ2n) is 2.65. The molecule has 1 aliphatic rings. The minimum absolute atomic E-state index is 0.0751. The number of quaternary nitrogens is 1. The molecule has 3 amide bonds. The molecule has 0 saturated carbocycles. The second-order valence-corrected chi connectivity index (χ2v) is 2.65. The molecule has 0 aliphatic carbocycles. The van der Waals surface area contributed by atoms with E-state index in [-0.39, 0.29) is 16.4 Å². The largest absolute Gasteiger partial charge is 0.427 e. The zero-order valence-electron chi connectivity index (χ0n) is 5.92. The molecule has 1 N–H and O–H groups in total. The molecule has 0 spiro atoms. The van der Waals surface area contributed by atoms with Crippen molar-refractivity contribution in [1.29, 1.82) is 0 Å². The van der Waals surface area contributed by atoms with Gasteiger partial charge in [-0.05, 0) is 0 Å². The molecule has 0 aromatic rings. The lowest BCUT2D eigenvalue weighted by molar-refractivity contribution is -0.753. The number of rotatable bonds is 0. The molecule has 1 aliphatic heterocycles. The van der Waals surface area contributed by atoms with Gasteiger partial charge in [0, 0.05) is 0 Å². The molecule has 0 aromatic carbocycles. The van der Waals surface area contributed by atoms with Gasteiger partial charge in [0.15, 0.2) is 0 Å². The van der Waals surface area contributed by atoms with Crippen LogP contribution in [0, 0.1) is 0 Å². The van der Waals surface area contributed by atoms with Crippen molar-refractivity contribution in [2.75, 3.05) is 14.1 Å². The lowest BCUT2D eigenvalue weighted by Gasteiger charge is -2.23. The Morgan fingerprint density at radius 2 is 2.00 bits per heavy atom. The maximum atomic E-state index is 10.9. The number of carbonyl (C=O) groups excluding carboxylic acids is 2. The van der Waals surface area contributed by atoms with Crippen LogP contribution < -0.4 is 5.32 Å².